The molecule has 0 saturated carbocycles. The summed E-state index contributed by atoms with van der Waals surface area (Å²) in [5, 5.41) is 21.3. The molecule has 2 rings (SSSR count). The molecular formula is C15H10O4S-2. The minimum absolute atomic E-state index is 0.0281. The molecule has 0 aromatic heterocycles. The molecule has 102 valence electrons. The SMILES string of the molecule is O=C([O-])c1ccccc1S[C@@H](C(=O)[O-])c1ccccc1. The van der Waals surface area contributed by atoms with Crippen LogP contribution in [0, 0.1) is 0 Å². The average Bonchev–Trinajstić information content (AvgIpc) is 2.45. The first-order valence-corrected chi connectivity index (χ1v) is 6.70. The molecule has 5 heteroatoms. The average molecular weight is 286 g/mol. The van der Waals surface area contributed by atoms with Crippen molar-refractivity contribution >= 4 is 23.7 Å². The number of rotatable bonds is 5. The Hall–Kier alpha value is -2.27. The molecule has 20 heavy (non-hydrogen) atoms. The number of hydrogen-bond acceptors (Lipinski definition) is 5. The Labute approximate surface area is 120 Å². The fourth-order valence-corrected chi connectivity index (χ4v) is 2.82. The van der Waals surface area contributed by atoms with Gasteiger partial charge >= 0.3 is 0 Å². The van der Waals surface area contributed by atoms with Gasteiger partial charge in [0, 0.05) is 10.5 Å². The van der Waals surface area contributed by atoms with Crippen LogP contribution in [0.1, 0.15) is 21.2 Å². The fourth-order valence-electron chi connectivity index (χ4n) is 1.75. The van der Waals surface area contributed by atoms with Gasteiger partial charge in [-0.2, -0.15) is 0 Å². The van der Waals surface area contributed by atoms with E-state index in [4.69, 9.17) is 0 Å². The number of carbonyl (C=O) groups excluding carboxylic acids is 2. The Morgan fingerprint density at radius 2 is 1.50 bits per heavy atom. The lowest BCUT2D eigenvalue weighted by Gasteiger charge is -2.20. The minimum atomic E-state index is -1.33. The van der Waals surface area contributed by atoms with E-state index in [0.717, 1.165) is 11.8 Å². The van der Waals surface area contributed by atoms with Gasteiger partial charge in [-0.15, -0.1) is 11.8 Å². The maximum Gasteiger partial charge on any atom is 0.0739 e. The second kappa shape index (κ2) is 6.25. The van der Waals surface area contributed by atoms with Crippen molar-refractivity contribution in [1.29, 1.82) is 0 Å². The second-order valence-corrected chi connectivity index (χ2v) is 5.16. The predicted octanol–water partition coefficient (Wildman–Crippen LogP) is 0.633. The van der Waals surface area contributed by atoms with E-state index in [9.17, 15) is 19.8 Å². The van der Waals surface area contributed by atoms with E-state index in [-0.39, 0.29) is 5.56 Å². The lowest BCUT2D eigenvalue weighted by molar-refractivity contribution is -0.305. The number of carbonyl (C=O) groups is 2. The van der Waals surface area contributed by atoms with Crippen LogP contribution in [-0.4, -0.2) is 11.9 Å². The molecule has 0 aliphatic heterocycles. The Bertz CT molecular complexity index is 625. The van der Waals surface area contributed by atoms with Gasteiger partial charge in [0.05, 0.1) is 17.2 Å². The van der Waals surface area contributed by atoms with Crippen LogP contribution in [0.4, 0.5) is 0 Å². The lowest BCUT2D eigenvalue weighted by atomic mass is 10.1. The summed E-state index contributed by atoms with van der Waals surface area (Å²) in [4.78, 5) is 22.7. The number of hydrogen-bond donors (Lipinski definition) is 0. The van der Waals surface area contributed by atoms with Crippen molar-refractivity contribution in [2.24, 2.45) is 0 Å². The highest BCUT2D eigenvalue weighted by atomic mass is 32.2. The first kappa shape index (κ1) is 14.1. The normalized spacial score (nSPS) is 11.8. The first-order chi connectivity index (χ1) is 9.59. The number of carboxylic acids is 2. The zero-order valence-electron chi connectivity index (χ0n) is 10.3. The molecule has 0 heterocycles. The molecule has 0 bridgehead atoms. The van der Waals surface area contributed by atoms with Crippen molar-refractivity contribution in [2.75, 3.05) is 0 Å². The Balaban J connectivity index is 2.35. The molecule has 0 aliphatic carbocycles. The molecule has 1 atom stereocenters. The first-order valence-electron chi connectivity index (χ1n) is 5.82. The second-order valence-electron chi connectivity index (χ2n) is 4.01. The highest BCUT2D eigenvalue weighted by Crippen LogP contribution is 2.36. The molecular weight excluding hydrogens is 276 g/mol. The van der Waals surface area contributed by atoms with Crippen LogP contribution in [0.15, 0.2) is 59.5 Å². The van der Waals surface area contributed by atoms with Crippen molar-refractivity contribution in [1.82, 2.24) is 0 Å². The molecule has 0 N–H and O–H groups in total. The molecule has 0 unspecified atom stereocenters. The minimum Gasteiger partial charge on any atom is -0.549 e. The van der Waals surface area contributed by atoms with E-state index in [1.54, 1.807) is 48.5 Å². The largest absolute Gasteiger partial charge is 0.549 e. The van der Waals surface area contributed by atoms with Gasteiger partial charge in [-0.05, 0) is 11.6 Å². The van der Waals surface area contributed by atoms with Crippen molar-refractivity contribution in [3.05, 3.63) is 65.7 Å². The van der Waals surface area contributed by atoms with E-state index in [1.165, 1.54) is 6.07 Å². The highest BCUT2D eigenvalue weighted by Gasteiger charge is 2.16. The summed E-state index contributed by atoms with van der Waals surface area (Å²) in [6.45, 7) is 0. The molecule has 4 nitrogen and oxygen atoms in total. The summed E-state index contributed by atoms with van der Waals surface area (Å²) in [6.07, 6.45) is 0. The van der Waals surface area contributed by atoms with Crippen LogP contribution in [0.25, 0.3) is 0 Å². The maximum atomic E-state index is 11.3. The van der Waals surface area contributed by atoms with Crippen LogP contribution >= 0.6 is 11.8 Å². The molecule has 0 spiro atoms. The number of aliphatic carboxylic acids is 1. The topological polar surface area (TPSA) is 80.3 Å². The van der Waals surface area contributed by atoms with Crippen LogP contribution in [0.5, 0.6) is 0 Å². The Morgan fingerprint density at radius 3 is 2.10 bits per heavy atom. The molecule has 2 aromatic carbocycles. The van der Waals surface area contributed by atoms with Crippen molar-refractivity contribution in [3.8, 4) is 0 Å². The standard InChI is InChI=1S/C15H12O4S/c16-14(17)11-8-4-5-9-12(11)20-13(15(18)19)10-6-2-1-3-7-10/h1-9,13H,(H,16,17)(H,18,19)/p-2/t13-/m1/s1. The molecule has 0 radical (unpaired) electrons. The van der Waals surface area contributed by atoms with Gasteiger partial charge in [0.25, 0.3) is 0 Å². The monoisotopic (exact) mass is 286 g/mol. The third-order valence-corrected chi connectivity index (χ3v) is 3.98. The predicted molar refractivity (Wildman–Crippen MR) is 70.8 cm³/mol. The summed E-state index contributed by atoms with van der Waals surface area (Å²) >= 11 is 0.922. The Kier molecular flexibility index (Phi) is 4.42. The van der Waals surface area contributed by atoms with Gasteiger partial charge in [-0.1, -0.05) is 48.5 Å². The van der Waals surface area contributed by atoms with E-state index in [2.05, 4.69) is 0 Å². The van der Waals surface area contributed by atoms with E-state index in [0.29, 0.717) is 10.5 Å². The molecule has 0 fully saturated rings. The van der Waals surface area contributed by atoms with Gasteiger partial charge in [0.15, 0.2) is 0 Å². The highest BCUT2D eigenvalue weighted by molar-refractivity contribution is 8.00. The van der Waals surface area contributed by atoms with Crippen LogP contribution < -0.4 is 10.2 Å². The third kappa shape index (κ3) is 3.19. The number of thioether (sulfide) groups is 1. The van der Waals surface area contributed by atoms with Gasteiger partial charge in [-0.3, -0.25) is 0 Å². The van der Waals surface area contributed by atoms with E-state index >= 15 is 0 Å². The fraction of sp³-hybridized carbons (Fsp3) is 0.0667. The summed E-state index contributed by atoms with van der Waals surface area (Å²) < 4.78 is 0. The van der Waals surface area contributed by atoms with E-state index < -0.39 is 17.2 Å². The third-order valence-electron chi connectivity index (χ3n) is 2.67. The van der Waals surface area contributed by atoms with Crippen molar-refractivity contribution < 1.29 is 19.8 Å². The maximum absolute atomic E-state index is 11.3. The zero-order chi connectivity index (χ0) is 14.5. The number of aromatic carboxylic acids is 1. The number of benzene rings is 2. The van der Waals surface area contributed by atoms with Crippen molar-refractivity contribution in [3.63, 3.8) is 0 Å². The summed E-state index contributed by atoms with van der Waals surface area (Å²) in [5.74, 6) is -2.60. The summed E-state index contributed by atoms with van der Waals surface area (Å²) in [7, 11) is 0. The smallest absolute Gasteiger partial charge is 0.0739 e. The van der Waals surface area contributed by atoms with Crippen molar-refractivity contribution in [2.45, 2.75) is 10.1 Å². The Morgan fingerprint density at radius 1 is 0.900 bits per heavy atom. The lowest BCUT2D eigenvalue weighted by Crippen LogP contribution is -2.28. The molecule has 0 saturated heterocycles. The molecule has 0 aliphatic rings. The van der Waals surface area contributed by atoms with Gasteiger partial charge < -0.3 is 19.8 Å². The molecule has 0 amide bonds. The summed E-state index contributed by atoms with van der Waals surface area (Å²) in [6, 6.07) is 14.7. The van der Waals surface area contributed by atoms with Crippen LogP contribution in [-0.2, 0) is 4.79 Å². The van der Waals surface area contributed by atoms with E-state index in [1.807, 2.05) is 0 Å². The van der Waals surface area contributed by atoms with Gasteiger partial charge in [0.1, 0.15) is 0 Å². The van der Waals surface area contributed by atoms with Crippen LogP contribution in [0.2, 0.25) is 0 Å². The quantitative estimate of drug-likeness (QED) is 0.753. The number of carboxylic acid groups (broad SMARTS) is 2. The zero-order valence-corrected chi connectivity index (χ0v) is 11.1. The van der Waals surface area contributed by atoms with Gasteiger partial charge in [0.2, 0.25) is 0 Å². The molecule has 2 aromatic rings. The summed E-state index contributed by atoms with van der Waals surface area (Å²) in [5.41, 5.74) is 0.519. The van der Waals surface area contributed by atoms with Crippen LogP contribution in [0.3, 0.4) is 0 Å². The van der Waals surface area contributed by atoms with Gasteiger partial charge in [-0.25, -0.2) is 0 Å².